The van der Waals surface area contributed by atoms with E-state index in [-0.39, 0.29) is 0 Å². The number of aromatic nitrogens is 6. The molecular formula is C22H20BrCl2IN6S2Zn. The zero-order valence-electron chi connectivity index (χ0n) is 19.3. The quantitative estimate of drug-likeness (QED) is 0.0524. The van der Waals surface area contributed by atoms with E-state index in [2.05, 4.69) is 72.3 Å². The van der Waals surface area contributed by atoms with Crippen LogP contribution in [-0.2, 0) is 16.3 Å². The third-order valence-corrected chi connectivity index (χ3v) is 6.57. The second kappa shape index (κ2) is 18.8. The van der Waals surface area contributed by atoms with Crippen molar-refractivity contribution in [1.82, 2.24) is 29.9 Å². The second-order valence-electron chi connectivity index (χ2n) is 6.15. The molecule has 0 atom stereocenters. The van der Waals surface area contributed by atoms with Gasteiger partial charge in [0.1, 0.15) is 9.39 Å². The summed E-state index contributed by atoms with van der Waals surface area (Å²) in [5, 5.41) is 2.59. The molecule has 0 spiro atoms. The van der Waals surface area contributed by atoms with Crippen LogP contribution in [0.2, 0.25) is 10.0 Å². The molecule has 4 rings (SSSR count). The van der Waals surface area contributed by atoms with Crippen molar-refractivity contribution in [1.29, 1.82) is 0 Å². The minimum atomic E-state index is 0.527. The molecule has 6 nitrogen and oxygen atoms in total. The van der Waals surface area contributed by atoms with Crippen LogP contribution in [0.5, 0.6) is 0 Å². The van der Waals surface area contributed by atoms with Crippen molar-refractivity contribution in [3.8, 4) is 11.4 Å². The maximum absolute atomic E-state index is 6.09. The molecule has 4 aromatic heterocycles. The van der Waals surface area contributed by atoms with Crippen LogP contribution < -0.4 is 0 Å². The van der Waals surface area contributed by atoms with Crippen LogP contribution in [0.15, 0.2) is 59.4 Å². The van der Waals surface area contributed by atoms with Gasteiger partial charge in [-0.05, 0) is 53.7 Å². The molecule has 0 aromatic carbocycles. The minimum absolute atomic E-state index is 0.527. The summed E-state index contributed by atoms with van der Waals surface area (Å²) in [5.74, 6) is 0. The van der Waals surface area contributed by atoms with Gasteiger partial charge in [0, 0.05) is 6.20 Å². The van der Waals surface area contributed by atoms with E-state index >= 15 is 0 Å². The summed E-state index contributed by atoms with van der Waals surface area (Å²) in [6, 6.07) is 7.74. The fraction of sp³-hybridized carbons (Fsp3) is 0.182. The van der Waals surface area contributed by atoms with E-state index < -0.39 is 0 Å². The summed E-state index contributed by atoms with van der Waals surface area (Å²) in [5.41, 5.74) is 3.64. The molecule has 0 saturated carbocycles. The Kier molecular flexibility index (Phi) is 17.5. The van der Waals surface area contributed by atoms with Crippen LogP contribution in [0.4, 0.5) is 0 Å². The van der Waals surface area contributed by atoms with Crippen LogP contribution in [0, 0.1) is 23.7 Å². The van der Waals surface area contributed by atoms with E-state index in [4.69, 9.17) is 23.2 Å². The van der Waals surface area contributed by atoms with E-state index in [0.29, 0.717) is 20.9 Å². The van der Waals surface area contributed by atoms with E-state index in [0.717, 1.165) is 25.7 Å². The Morgan fingerprint density at radius 2 is 1.46 bits per heavy atom. The molecular weight excluding hydrogens is 756 g/mol. The van der Waals surface area contributed by atoms with Gasteiger partial charge in [-0.2, -0.15) is 12.1 Å². The molecule has 35 heavy (non-hydrogen) atoms. The van der Waals surface area contributed by atoms with E-state index in [1.807, 2.05) is 50.6 Å². The van der Waals surface area contributed by atoms with Gasteiger partial charge in [0.25, 0.3) is 0 Å². The van der Waals surface area contributed by atoms with Crippen LogP contribution >= 0.6 is 82.9 Å². The molecule has 4 heterocycles. The molecule has 0 amide bonds. The molecule has 0 aliphatic rings. The Morgan fingerprint density at radius 1 is 0.857 bits per heavy atom. The van der Waals surface area contributed by atoms with Crippen LogP contribution in [0.3, 0.4) is 0 Å². The average molecular weight is 776 g/mol. The van der Waals surface area contributed by atoms with Crippen molar-refractivity contribution in [2.24, 2.45) is 0 Å². The predicted octanol–water partition coefficient (Wildman–Crippen LogP) is 7.71. The van der Waals surface area contributed by atoms with Crippen molar-refractivity contribution >= 4 is 82.9 Å². The maximum atomic E-state index is 6.09. The zero-order chi connectivity index (χ0) is 26.2. The summed E-state index contributed by atoms with van der Waals surface area (Å²) in [4.78, 5) is 24.6. The second-order valence-corrected chi connectivity index (χ2v) is 9.53. The van der Waals surface area contributed by atoms with Crippen molar-refractivity contribution in [3.63, 3.8) is 0 Å². The fourth-order valence-corrected chi connectivity index (χ4v) is 3.67. The standard InChI is InChI=1S/C11H10ClN3S.C6H6N.C5H4ClIN2S.BrH.Zn/c1-7-4-3-5-13-9(7)10-8(12)6-14-11(15-10)16-2;1-6-3-2-4-7-5-6;1-10-5-8-2-3(6)4(7)9-5;;/h3-6H,1-2H3;2-4H,1H3;2H,1H3;1H;/q;-1;;;+2/p-1. The molecule has 0 aliphatic carbocycles. The van der Waals surface area contributed by atoms with Gasteiger partial charge in [0.15, 0.2) is 10.3 Å². The SMILES string of the molecule is CSc1ncc(Cl)c(-c2ncccc2C)n1.CSc1ncc(Cl)c(I)n1.Cc1[c-]nccc1.[Zn+][Br]. The summed E-state index contributed by atoms with van der Waals surface area (Å²) in [6.45, 7) is 3.95. The zero-order valence-corrected chi connectivity index (χ0v) is 29.2. The Bertz CT molecular complexity index is 1180. The molecule has 180 valence electrons. The van der Waals surface area contributed by atoms with Crippen LogP contribution in [0.25, 0.3) is 11.4 Å². The van der Waals surface area contributed by atoms with Crippen molar-refractivity contribution < 1.29 is 16.3 Å². The Hall–Kier alpha value is -0.427. The summed E-state index contributed by atoms with van der Waals surface area (Å²) in [6.07, 6.45) is 13.3. The Balaban J connectivity index is 0.000000276. The van der Waals surface area contributed by atoms with Gasteiger partial charge in [-0.15, -0.1) is 5.56 Å². The fourth-order valence-electron chi connectivity index (χ4n) is 2.19. The molecule has 0 bridgehead atoms. The first-order chi connectivity index (χ1) is 16.8. The van der Waals surface area contributed by atoms with E-state index in [1.54, 1.807) is 24.8 Å². The Labute approximate surface area is 254 Å². The predicted molar refractivity (Wildman–Crippen MR) is 155 cm³/mol. The van der Waals surface area contributed by atoms with Crippen LogP contribution in [0.1, 0.15) is 11.1 Å². The third-order valence-electron chi connectivity index (χ3n) is 3.75. The van der Waals surface area contributed by atoms with Gasteiger partial charge in [-0.3, -0.25) is 4.98 Å². The van der Waals surface area contributed by atoms with Gasteiger partial charge in [-0.1, -0.05) is 72.1 Å². The van der Waals surface area contributed by atoms with Gasteiger partial charge in [-0.25, -0.2) is 19.9 Å². The average Bonchev–Trinajstić information content (AvgIpc) is 2.89. The number of pyridine rings is 2. The molecule has 0 saturated heterocycles. The summed E-state index contributed by atoms with van der Waals surface area (Å²) in [7, 11) is 0. The Morgan fingerprint density at radius 3 is 1.94 bits per heavy atom. The topological polar surface area (TPSA) is 77.3 Å². The number of halogens is 4. The molecule has 13 heteroatoms. The van der Waals surface area contributed by atoms with Gasteiger partial charge >= 0.3 is 30.0 Å². The molecule has 0 radical (unpaired) electrons. The first-order valence-corrected chi connectivity index (χ1v) is 20.9. The summed E-state index contributed by atoms with van der Waals surface area (Å²) >= 11 is 21.1. The van der Waals surface area contributed by atoms with E-state index in [1.165, 1.54) is 39.9 Å². The van der Waals surface area contributed by atoms with Gasteiger partial charge < -0.3 is 4.98 Å². The molecule has 0 fully saturated rings. The van der Waals surface area contributed by atoms with E-state index in [9.17, 15) is 0 Å². The molecule has 4 aromatic rings. The summed E-state index contributed by atoms with van der Waals surface area (Å²) < 4.78 is 0.804. The number of aryl methyl sites for hydroxylation is 2. The first-order valence-electron chi connectivity index (χ1n) is 9.62. The monoisotopic (exact) mass is 772 g/mol. The number of nitrogens with zero attached hydrogens (tertiary/aromatic N) is 6. The molecule has 0 aliphatic heterocycles. The molecule has 0 unspecified atom stereocenters. The normalized spacial score (nSPS) is 9.54. The number of thioether (sulfide) groups is 2. The van der Waals surface area contributed by atoms with Crippen molar-refractivity contribution in [2.45, 2.75) is 24.2 Å². The third kappa shape index (κ3) is 12.1. The number of rotatable bonds is 3. The first kappa shape index (κ1) is 32.6. The van der Waals surface area contributed by atoms with Crippen molar-refractivity contribution in [2.75, 3.05) is 12.5 Å². The molecule has 0 N–H and O–H groups in total. The van der Waals surface area contributed by atoms with Crippen molar-refractivity contribution in [3.05, 3.63) is 80.1 Å². The number of hydrogen-bond acceptors (Lipinski definition) is 8. The van der Waals surface area contributed by atoms with Gasteiger partial charge in [0.05, 0.1) is 28.1 Å². The van der Waals surface area contributed by atoms with Crippen LogP contribution in [-0.4, -0.2) is 42.4 Å². The van der Waals surface area contributed by atoms with Gasteiger partial charge in [0.2, 0.25) is 0 Å². The number of hydrogen-bond donors (Lipinski definition) is 0.